The number of rotatable bonds is 6. The van der Waals surface area contributed by atoms with Gasteiger partial charge in [0, 0.05) is 11.5 Å². The van der Waals surface area contributed by atoms with Crippen LogP contribution in [-0.2, 0) is 20.7 Å². The minimum atomic E-state index is -0.392. The van der Waals surface area contributed by atoms with Crippen molar-refractivity contribution in [2.45, 2.75) is 32.5 Å². The SMILES string of the molecule is CCCC1COC(c2ccc(CC(=O)Oc3ccc(F)cc3)cc2)OC1. The number of benzene rings is 2. The van der Waals surface area contributed by atoms with Crippen molar-refractivity contribution in [3.8, 4) is 5.75 Å². The molecule has 0 N–H and O–H groups in total. The molecule has 138 valence electrons. The monoisotopic (exact) mass is 358 g/mol. The molecule has 2 aromatic rings. The van der Waals surface area contributed by atoms with E-state index in [1.54, 1.807) is 0 Å². The minimum absolute atomic E-state index is 0.141. The summed E-state index contributed by atoms with van der Waals surface area (Å²) < 4.78 is 29.6. The molecule has 1 aliphatic rings. The molecule has 0 atom stereocenters. The fourth-order valence-corrected chi connectivity index (χ4v) is 2.94. The van der Waals surface area contributed by atoms with Crippen LogP contribution in [-0.4, -0.2) is 19.2 Å². The van der Waals surface area contributed by atoms with Gasteiger partial charge in [0.05, 0.1) is 19.6 Å². The third kappa shape index (κ3) is 5.13. The van der Waals surface area contributed by atoms with Gasteiger partial charge in [0.2, 0.25) is 0 Å². The van der Waals surface area contributed by atoms with Gasteiger partial charge >= 0.3 is 5.97 Å². The van der Waals surface area contributed by atoms with E-state index < -0.39 is 5.97 Å². The highest BCUT2D eigenvalue weighted by atomic mass is 19.1. The second-order valence-corrected chi connectivity index (χ2v) is 6.50. The van der Waals surface area contributed by atoms with E-state index >= 15 is 0 Å². The summed E-state index contributed by atoms with van der Waals surface area (Å²) in [6.07, 6.45) is 2.04. The van der Waals surface area contributed by atoms with Gasteiger partial charge in [-0.3, -0.25) is 4.79 Å². The summed E-state index contributed by atoms with van der Waals surface area (Å²) in [6.45, 7) is 3.58. The van der Waals surface area contributed by atoms with E-state index in [0.29, 0.717) is 24.9 Å². The fourth-order valence-electron chi connectivity index (χ4n) is 2.94. The van der Waals surface area contributed by atoms with E-state index in [2.05, 4.69) is 6.92 Å². The van der Waals surface area contributed by atoms with Gasteiger partial charge in [-0.2, -0.15) is 0 Å². The van der Waals surface area contributed by atoms with E-state index in [0.717, 1.165) is 24.0 Å². The Hall–Kier alpha value is -2.24. The number of hydrogen-bond donors (Lipinski definition) is 0. The molecule has 0 aromatic heterocycles. The summed E-state index contributed by atoms with van der Waals surface area (Å²) in [7, 11) is 0. The largest absolute Gasteiger partial charge is 0.426 e. The topological polar surface area (TPSA) is 44.8 Å². The van der Waals surface area contributed by atoms with Crippen LogP contribution in [0.25, 0.3) is 0 Å². The first-order valence-electron chi connectivity index (χ1n) is 8.92. The Morgan fingerprint density at radius 3 is 2.35 bits per heavy atom. The van der Waals surface area contributed by atoms with Crippen LogP contribution in [0.15, 0.2) is 48.5 Å². The van der Waals surface area contributed by atoms with Crippen LogP contribution in [0, 0.1) is 11.7 Å². The first-order chi connectivity index (χ1) is 12.6. The zero-order valence-corrected chi connectivity index (χ0v) is 14.8. The highest BCUT2D eigenvalue weighted by Crippen LogP contribution is 2.27. The predicted octanol–water partition coefficient (Wildman–Crippen LogP) is 4.44. The van der Waals surface area contributed by atoms with Crippen LogP contribution in [0.1, 0.15) is 37.2 Å². The van der Waals surface area contributed by atoms with Crippen molar-refractivity contribution in [1.82, 2.24) is 0 Å². The first-order valence-corrected chi connectivity index (χ1v) is 8.92. The second-order valence-electron chi connectivity index (χ2n) is 6.50. The molecule has 26 heavy (non-hydrogen) atoms. The Bertz CT molecular complexity index is 704. The molecule has 0 saturated carbocycles. The summed E-state index contributed by atoms with van der Waals surface area (Å²) in [6, 6.07) is 12.9. The third-order valence-electron chi connectivity index (χ3n) is 4.31. The van der Waals surface area contributed by atoms with E-state index in [9.17, 15) is 9.18 Å². The Balaban J connectivity index is 1.51. The molecule has 3 rings (SSSR count). The summed E-state index contributed by atoms with van der Waals surface area (Å²) in [5.74, 6) is 0.0425. The smallest absolute Gasteiger partial charge is 0.315 e. The van der Waals surface area contributed by atoms with E-state index in [-0.39, 0.29) is 18.5 Å². The lowest BCUT2D eigenvalue weighted by atomic mass is 10.0. The van der Waals surface area contributed by atoms with Crippen molar-refractivity contribution in [3.05, 3.63) is 65.5 Å². The number of halogens is 1. The van der Waals surface area contributed by atoms with Crippen molar-refractivity contribution in [1.29, 1.82) is 0 Å². The normalized spacial score (nSPS) is 19.9. The Kier molecular flexibility index (Phi) is 6.36. The minimum Gasteiger partial charge on any atom is -0.426 e. The van der Waals surface area contributed by atoms with Crippen LogP contribution in [0.4, 0.5) is 4.39 Å². The van der Waals surface area contributed by atoms with E-state index in [1.165, 1.54) is 24.3 Å². The fraction of sp³-hybridized carbons (Fsp3) is 0.381. The van der Waals surface area contributed by atoms with E-state index in [1.807, 2.05) is 24.3 Å². The molecular weight excluding hydrogens is 335 g/mol. The van der Waals surface area contributed by atoms with Crippen molar-refractivity contribution in [2.24, 2.45) is 5.92 Å². The van der Waals surface area contributed by atoms with Gasteiger partial charge in [0.15, 0.2) is 6.29 Å². The maximum absolute atomic E-state index is 12.9. The molecule has 5 heteroatoms. The highest BCUT2D eigenvalue weighted by molar-refractivity contribution is 5.75. The van der Waals surface area contributed by atoms with Crippen molar-refractivity contribution < 1.29 is 23.4 Å². The number of carbonyl (C=O) groups is 1. The number of carbonyl (C=O) groups excluding carboxylic acids is 1. The van der Waals surface area contributed by atoms with Crippen molar-refractivity contribution >= 4 is 5.97 Å². The zero-order chi connectivity index (χ0) is 18.4. The van der Waals surface area contributed by atoms with E-state index in [4.69, 9.17) is 14.2 Å². The highest BCUT2D eigenvalue weighted by Gasteiger charge is 2.23. The zero-order valence-electron chi connectivity index (χ0n) is 14.8. The molecule has 0 amide bonds. The lowest BCUT2D eigenvalue weighted by Gasteiger charge is -2.29. The summed E-state index contributed by atoms with van der Waals surface area (Å²) >= 11 is 0. The van der Waals surface area contributed by atoms with Crippen LogP contribution in [0.2, 0.25) is 0 Å². The van der Waals surface area contributed by atoms with Gasteiger partial charge < -0.3 is 14.2 Å². The van der Waals surface area contributed by atoms with Crippen molar-refractivity contribution in [2.75, 3.05) is 13.2 Å². The molecule has 0 spiro atoms. The lowest BCUT2D eigenvalue weighted by Crippen LogP contribution is -2.27. The van der Waals surface area contributed by atoms with Gasteiger partial charge in [0.1, 0.15) is 11.6 Å². The van der Waals surface area contributed by atoms with Crippen LogP contribution in [0.3, 0.4) is 0 Å². The third-order valence-corrected chi connectivity index (χ3v) is 4.31. The maximum Gasteiger partial charge on any atom is 0.315 e. The van der Waals surface area contributed by atoms with Crippen LogP contribution < -0.4 is 4.74 Å². The average molecular weight is 358 g/mol. The number of esters is 1. The quantitative estimate of drug-likeness (QED) is 0.566. The average Bonchev–Trinajstić information content (AvgIpc) is 2.65. The predicted molar refractivity (Wildman–Crippen MR) is 95.2 cm³/mol. The number of ether oxygens (including phenoxy) is 3. The molecule has 1 saturated heterocycles. The molecule has 0 unspecified atom stereocenters. The molecule has 0 aliphatic carbocycles. The van der Waals surface area contributed by atoms with Crippen LogP contribution >= 0.6 is 0 Å². The summed E-state index contributed by atoms with van der Waals surface area (Å²) in [5.41, 5.74) is 1.77. The lowest BCUT2D eigenvalue weighted by molar-refractivity contribution is -0.206. The molecule has 4 nitrogen and oxygen atoms in total. The molecular formula is C21H23FO4. The Morgan fingerprint density at radius 1 is 1.08 bits per heavy atom. The Morgan fingerprint density at radius 2 is 1.73 bits per heavy atom. The molecule has 1 aliphatic heterocycles. The Labute approximate surface area is 152 Å². The molecule has 1 heterocycles. The van der Waals surface area contributed by atoms with Gasteiger partial charge in [0.25, 0.3) is 0 Å². The molecule has 0 bridgehead atoms. The number of hydrogen-bond acceptors (Lipinski definition) is 4. The van der Waals surface area contributed by atoms with Gasteiger partial charge in [-0.1, -0.05) is 37.6 Å². The molecule has 1 fully saturated rings. The van der Waals surface area contributed by atoms with Gasteiger partial charge in [-0.15, -0.1) is 0 Å². The summed E-state index contributed by atoms with van der Waals surface area (Å²) in [4.78, 5) is 12.0. The maximum atomic E-state index is 12.9. The van der Waals surface area contributed by atoms with Gasteiger partial charge in [-0.05, 0) is 36.2 Å². The standard InChI is InChI=1S/C21H23FO4/c1-2-3-16-13-24-21(25-14-16)17-6-4-15(5-7-17)12-20(23)26-19-10-8-18(22)9-11-19/h4-11,16,21H,2-3,12-14H2,1H3. The first kappa shape index (κ1) is 18.5. The molecule has 2 aromatic carbocycles. The van der Waals surface area contributed by atoms with Gasteiger partial charge in [-0.25, -0.2) is 4.39 Å². The summed E-state index contributed by atoms with van der Waals surface area (Å²) in [5, 5.41) is 0. The molecule has 0 radical (unpaired) electrons. The van der Waals surface area contributed by atoms with Crippen LogP contribution in [0.5, 0.6) is 5.75 Å². The second kappa shape index (κ2) is 8.92. The van der Waals surface area contributed by atoms with Crippen molar-refractivity contribution in [3.63, 3.8) is 0 Å².